The van der Waals surface area contributed by atoms with Crippen LogP contribution in [0.5, 0.6) is 11.5 Å². The van der Waals surface area contributed by atoms with Crippen LogP contribution in [0.2, 0.25) is 5.02 Å². The maximum Gasteiger partial charge on any atom is 0.379 e. The number of benzene rings is 1. The summed E-state index contributed by atoms with van der Waals surface area (Å²) in [5.41, 5.74) is 0.562. The normalized spacial score (nSPS) is 9.95. The van der Waals surface area contributed by atoms with E-state index in [1.54, 1.807) is 19.9 Å². The molecule has 19 heavy (non-hydrogen) atoms. The average molecular weight is 287 g/mol. The summed E-state index contributed by atoms with van der Waals surface area (Å²) < 4.78 is 14.9. The summed E-state index contributed by atoms with van der Waals surface area (Å²) in [4.78, 5) is 23.6. The highest BCUT2D eigenvalue weighted by Crippen LogP contribution is 2.38. The molecule has 0 N–H and O–H groups in total. The lowest BCUT2D eigenvalue weighted by molar-refractivity contribution is -0.137. The Kier molecular flexibility index (Phi) is 5.18. The van der Waals surface area contributed by atoms with E-state index in [1.165, 1.54) is 14.2 Å². The first-order chi connectivity index (χ1) is 8.97. The van der Waals surface area contributed by atoms with Crippen molar-refractivity contribution in [3.05, 3.63) is 22.2 Å². The van der Waals surface area contributed by atoms with Gasteiger partial charge < -0.3 is 14.2 Å². The van der Waals surface area contributed by atoms with Gasteiger partial charge in [0.15, 0.2) is 11.5 Å². The fraction of sp³-hybridized carbons (Fsp3) is 0.385. The van der Waals surface area contributed by atoms with Crippen molar-refractivity contribution >= 4 is 23.4 Å². The molecule has 1 rings (SSSR count). The minimum atomic E-state index is -0.977. The lowest BCUT2D eigenvalue weighted by Gasteiger charge is -2.14. The molecule has 0 radical (unpaired) electrons. The summed E-state index contributed by atoms with van der Waals surface area (Å²) in [5.74, 6) is -1.38. The van der Waals surface area contributed by atoms with Gasteiger partial charge in [-0.1, -0.05) is 11.6 Å². The number of halogens is 1. The van der Waals surface area contributed by atoms with Crippen molar-refractivity contribution in [1.29, 1.82) is 0 Å². The van der Waals surface area contributed by atoms with E-state index in [9.17, 15) is 9.59 Å². The van der Waals surface area contributed by atoms with Crippen LogP contribution in [-0.2, 0) is 9.53 Å². The predicted molar refractivity (Wildman–Crippen MR) is 70.3 cm³/mol. The lowest BCUT2D eigenvalue weighted by atomic mass is 10.1. The summed E-state index contributed by atoms with van der Waals surface area (Å²) in [6, 6.07) is 1.63. The monoisotopic (exact) mass is 286 g/mol. The first-order valence-corrected chi connectivity index (χ1v) is 5.98. The standard InChI is InChI=1S/C13H15ClO5/c1-5-19-13(16)11(15)9-10(14)7(2)6-8(17-3)12(9)18-4/h6H,5H2,1-4H3. The van der Waals surface area contributed by atoms with E-state index >= 15 is 0 Å². The van der Waals surface area contributed by atoms with Crippen LogP contribution in [0.4, 0.5) is 0 Å². The van der Waals surface area contributed by atoms with Gasteiger partial charge >= 0.3 is 5.97 Å². The van der Waals surface area contributed by atoms with Crippen molar-refractivity contribution in [3.63, 3.8) is 0 Å². The Morgan fingerprint density at radius 2 is 1.89 bits per heavy atom. The van der Waals surface area contributed by atoms with Crippen LogP contribution in [0.15, 0.2) is 6.07 Å². The molecule has 0 saturated carbocycles. The highest BCUT2D eigenvalue weighted by atomic mass is 35.5. The van der Waals surface area contributed by atoms with Crippen molar-refractivity contribution < 1.29 is 23.8 Å². The molecule has 104 valence electrons. The van der Waals surface area contributed by atoms with Crippen molar-refractivity contribution in [2.24, 2.45) is 0 Å². The molecule has 0 heterocycles. The van der Waals surface area contributed by atoms with Gasteiger partial charge in [0.05, 0.1) is 31.4 Å². The molecule has 0 fully saturated rings. The molecule has 6 heteroatoms. The van der Waals surface area contributed by atoms with Gasteiger partial charge in [0.2, 0.25) is 0 Å². The highest BCUT2D eigenvalue weighted by molar-refractivity contribution is 6.46. The Bertz CT molecular complexity index is 510. The van der Waals surface area contributed by atoms with E-state index in [-0.39, 0.29) is 22.9 Å². The number of hydrogen-bond donors (Lipinski definition) is 0. The van der Waals surface area contributed by atoms with Crippen molar-refractivity contribution in [2.45, 2.75) is 13.8 Å². The van der Waals surface area contributed by atoms with E-state index in [2.05, 4.69) is 4.74 Å². The van der Waals surface area contributed by atoms with Gasteiger partial charge in [-0.2, -0.15) is 0 Å². The largest absolute Gasteiger partial charge is 0.493 e. The molecule has 0 bridgehead atoms. The van der Waals surface area contributed by atoms with Gasteiger partial charge in [0.1, 0.15) is 0 Å². The molecular weight excluding hydrogens is 272 g/mol. The topological polar surface area (TPSA) is 61.8 Å². The van der Waals surface area contributed by atoms with Crippen LogP contribution in [0, 0.1) is 6.92 Å². The van der Waals surface area contributed by atoms with Crippen LogP contribution >= 0.6 is 11.6 Å². The second-order valence-corrected chi connectivity index (χ2v) is 4.05. The first kappa shape index (κ1) is 15.3. The molecule has 0 aliphatic carbocycles. The lowest BCUT2D eigenvalue weighted by Crippen LogP contribution is -2.19. The Labute approximate surface area is 116 Å². The zero-order chi connectivity index (χ0) is 14.6. The number of esters is 1. The molecule has 5 nitrogen and oxygen atoms in total. The van der Waals surface area contributed by atoms with Crippen LogP contribution in [0.1, 0.15) is 22.8 Å². The fourth-order valence-corrected chi connectivity index (χ4v) is 1.83. The maximum absolute atomic E-state index is 12.1. The van der Waals surface area contributed by atoms with Crippen molar-refractivity contribution in [2.75, 3.05) is 20.8 Å². The predicted octanol–water partition coefficient (Wildman–Crippen LogP) is 2.41. The quantitative estimate of drug-likeness (QED) is 0.472. The second-order valence-electron chi connectivity index (χ2n) is 3.67. The third kappa shape index (κ3) is 2.98. The van der Waals surface area contributed by atoms with Gasteiger partial charge in [-0.05, 0) is 25.5 Å². The number of rotatable bonds is 5. The zero-order valence-electron chi connectivity index (χ0n) is 11.2. The molecule has 0 spiro atoms. The molecule has 1 aromatic rings. The number of ketones is 1. The fourth-order valence-electron chi connectivity index (χ4n) is 1.60. The number of aryl methyl sites for hydroxylation is 1. The van der Waals surface area contributed by atoms with Crippen molar-refractivity contribution in [3.8, 4) is 11.5 Å². The van der Waals surface area contributed by atoms with Gasteiger partial charge in [-0.3, -0.25) is 4.79 Å². The molecule has 0 amide bonds. The molecule has 0 aliphatic rings. The summed E-state index contributed by atoms with van der Waals surface area (Å²) >= 11 is 6.08. The van der Waals surface area contributed by atoms with E-state index in [1.807, 2.05) is 0 Å². The SMILES string of the molecule is CCOC(=O)C(=O)c1c(Cl)c(C)cc(OC)c1OC. The summed E-state index contributed by atoms with van der Waals surface area (Å²) in [5, 5.41) is 0.149. The molecule has 1 aromatic carbocycles. The van der Waals surface area contributed by atoms with E-state index in [4.69, 9.17) is 21.1 Å². The smallest absolute Gasteiger partial charge is 0.379 e. The summed E-state index contributed by atoms with van der Waals surface area (Å²) in [7, 11) is 2.80. The number of ether oxygens (including phenoxy) is 3. The number of methoxy groups -OCH3 is 2. The Hall–Kier alpha value is -1.75. The minimum absolute atomic E-state index is 0.0422. The Balaban J connectivity index is 3.43. The van der Waals surface area contributed by atoms with Gasteiger partial charge in [0.25, 0.3) is 5.78 Å². The Morgan fingerprint density at radius 3 is 2.37 bits per heavy atom. The van der Waals surface area contributed by atoms with E-state index < -0.39 is 11.8 Å². The number of carbonyl (C=O) groups is 2. The molecular formula is C13H15ClO5. The Morgan fingerprint density at radius 1 is 1.26 bits per heavy atom. The number of hydrogen-bond acceptors (Lipinski definition) is 5. The molecule has 0 saturated heterocycles. The van der Waals surface area contributed by atoms with Crippen LogP contribution in [0.25, 0.3) is 0 Å². The van der Waals surface area contributed by atoms with Gasteiger partial charge in [-0.15, -0.1) is 0 Å². The van der Waals surface area contributed by atoms with E-state index in [0.717, 1.165) is 0 Å². The molecule has 0 unspecified atom stereocenters. The van der Waals surface area contributed by atoms with Gasteiger partial charge in [0, 0.05) is 0 Å². The number of carbonyl (C=O) groups excluding carboxylic acids is 2. The summed E-state index contributed by atoms with van der Waals surface area (Å²) in [6.45, 7) is 3.42. The third-order valence-corrected chi connectivity index (χ3v) is 2.96. The molecule has 0 aromatic heterocycles. The molecule has 0 atom stereocenters. The number of Topliss-reactive ketones (excluding diaryl/α,β-unsaturated/α-hetero) is 1. The second kappa shape index (κ2) is 6.43. The molecule has 0 aliphatic heterocycles. The van der Waals surface area contributed by atoms with Crippen molar-refractivity contribution in [1.82, 2.24) is 0 Å². The minimum Gasteiger partial charge on any atom is -0.493 e. The van der Waals surface area contributed by atoms with Gasteiger partial charge in [-0.25, -0.2) is 4.79 Å². The maximum atomic E-state index is 12.1. The van der Waals surface area contributed by atoms with Crippen LogP contribution in [0.3, 0.4) is 0 Å². The van der Waals surface area contributed by atoms with Crippen LogP contribution in [-0.4, -0.2) is 32.6 Å². The zero-order valence-corrected chi connectivity index (χ0v) is 12.0. The van der Waals surface area contributed by atoms with Crippen LogP contribution < -0.4 is 9.47 Å². The average Bonchev–Trinajstić information content (AvgIpc) is 2.40. The summed E-state index contributed by atoms with van der Waals surface area (Å²) in [6.07, 6.45) is 0. The highest BCUT2D eigenvalue weighted by Gasteiger charge is 2.28. The first-order valence-electron chi connectivity index (χ1n) is 5.60. The van der Waals surface area contributed by atoms with E-state index in [0.29, 0.717) is 11.3 Å². The third-order valence-electron chi connectivity index (χ3n) is 2.48.